The number of carboxylic acids is 1. The van der Waals surface area contributed by atoms with Gasteiger partial charge in [-0.25, -0.2) is 0 Å². The number of benzene rings is 1. The SMILES string of the molecule is NC(=NO)c1ccc(C[C@@H](N)C(=O)O)cc1. The van der Waals surface area contributed by atoms with Crippen molar-refractivity contribution in [2.24, 2.45) is 16.6 Å². The third-order valence-corrected chi connectivity index (χ3v) is 2.13. The summed E-state index contributed by atoms with van der Waals surface area (Å²) in [5.74, 6) is -1.03. The fourth-order valence-corrected chi connectivity index (χ4v) is 1.21. The first-order valence-electron chi connectivity index (χ1n) is 4.60. The van der Waals surface area contributed by atoms with Gasteiger partial charge in [-0.3, -0.25) is 4.79 Å². The van der Waals surface area contributed by atoms with Gasteiger partial charge >= 0.3 is 5.97 Å². The molecule has 0 saturated heterocycles. The van der Waals surface area contributed by atoms with E-state index in [1.165, 1.54) is 0 Å². The first kappa shape index (κ1) is 12.0. The van der Waals surface area contributed by atoms with Gasteiger partial charge < -0.3 is 21.8 Å². The van der Waals surface area contributed by atoms with Crippen LogP contribution in [0.4, 0.5) is 0 Å². The fraction of sp³-hybridized carbons (Fsp3) is 0.200. The molecule has 0 aromatic heterocycles. The van der Waals surface area contributed by atoms with E-state index >= 15 is 0 Å². The van der Waals surface area contributed by atoms with Crippen molar-refractivity contribution in [2.75, 3.05) is 0 Å². The second-order valence-corrected chi connectivity index (χ2v) is 3.33. The number of rotatable bonds is 4. The normalized spacial score (nSPS) is 13.4. The van der Waals surface area contributed by atoms with Crippen LogP contribution in [0.5, 0.6) is 0 Å². The Morgan fingerprint density at radius 2 is 1.94 bits per heavy atom. The lowest BCUT2D eigenvalue weighted by Crippen LogP contribution is -2.32. The van der Waals surface area contributed by atoms with E-state index in [2.05, 4.69) is 5.16 Å². The molecule has 0 bridgehead atoms. The molecule has 1 rings (SSSR count). The van der Waals surface area contributed by atoms with Crippen LogP contribution in [0.15, 0.2) is 29.4 Å². The van der Waals surface area contributed by atoms with Gasteiger partial charge in [0.2, 0.25) is 0 Å². The molecular formula is C10H13N3O3. The molecule has 6 N–H and O–H groups in total. The summed E-state index contributed by atoms with van der Waals surface area (Å²) in [4.78, 5) is 10.5. The fourth-order valence-electron chi connectivity index (χ4n) is 1.21. The van der Waals surface area contributed by atoms with Crippen LogP contribution in [-0.2, 0) is 11.2 Å². The number of nitrogens with two attached hydrogens (primary N) is 2. The lowest BCUT2D eigenvalue weighted by molar-refractivity contribution is -0.138. The standard InChI is InChI=1S/C10H13N3O3/c11-8(10(14)15)5-6-1-3-7(4-2-6)9(12)13-16/h1-4,8,16H,5,11H2,(H2,12,13)(H,14,15)/t8-/m1/s1. The highest BCUT2D eigenvalue weighted by Crippen LogP contribution is 2.06. The molecule has 6 nitrogen and oxygen atoms in total. The van der Waals surface area contributed by atoms with E-state index in [0.29, 0.717) is 5.56 Å². The van der Waals surface area contributed by atoms with Gasteiger partial charge in [0.05, 0.1) is 0 Å². The Hall–Kier alpha value is -2.08. The van der Waals surface area contributed by atoms with E-state index in [9.17, 15) is 4.79 Å². The minimum Gasteiger partial charge on any atom is -0.480 e. The van der Waals surface area contributed by atoms with E-state index in [0.717, 1.165) is 5.56 Å². The number of oxime groups is 1. The summed E-state index contributed by atoms with van der Waals surface area (Å²) in [7, 11) is 0. The molecule has 1 aromatic rings. The Labute approximate surface area is 92.2 Å². The zero-order valence-electron chi connectivity index (χ0n) is 8.50. The van der Waals surface area contributed by atoms with Gasteiger partial charge in [0.25, 0.3) is 0 Å². The highest BCUT2D eigenvalue weighted by molar-refractivity contribution is 5.96. The maximum Gasteiger partial charge on any atom is 0.320 e. The van der Waals surface area contributed by atoms with Gasteiger partial charge in [0.1, 0.15) is 6.04 Å². The van der Waals surface area contributed by atoms with Crippen molar-refractivity contribution in [3.8, 4) is 0 Å². The van der Waals surface area contributed by atoms with Crippen molar-refractivity contribution in [3.05, 3.63) is 35.4 Å². The molecule has 0 aliphatic rings. The van der Waals surface area contributed by atoms with Gasteiger partial charge in [-0.15, -0.1) is 0 Å². The minimum atomic E-state index is -1.04. The number of amidine groups is 1. The first-order valence-corrected chi connectivity index (χ1v) is 4.60. The predicted molar refractivity (Wildman–Crippen MR) is 58.3 cm³/mol. The van der Waals surface area contributed by atoms with Crippen molar-refractivity contribution < 1.29 is 15.1 Å². The van der Waals surface area contributed by atoms with Crippen molar-refractivity contribution >= 4 is 11.8 Å². The smallest absolute Gasteiger partial charge is 0.320 e. The molecule has 0 amide bonds. The average Bonchev–Trinajstić information content (AvgIpc) is 2.28. The molecule has 1 aromatic carbocycles. The topological polar surface area (TPSA) is 122 Å². The molecule has 16 heavy (non-hydrogen) atoms. The zero-order valence-corrected chi connectivity index (χ0v) is 8.50. The summed E-state index contributed by atoms with van der Waals surface area (Å²) >= 11 is 0. The van der Waals surface area contributed by atoms with Gasteiger partial charge in [-0.1, -0.05) is 29.4 Å². The molecule has 6 heteroatoms. The van der Waals surface area contributed by atoms with E-state index in [1.807, 2.05) is 0 Å². The number of nitrogens with zero attached hydrogens (tertiary/aromatic N) is 1. The highest BCUT2D eigenvalue weighted by atomic mass is 16.4. The van der Waals surface area contributed by atoms with Crippen LogP contribution in [-0.4, -0.2) is 28.2 Å². The zero-order chi connectivity index (χ0) is 12.1. The van der Waals surface area contributed by atoms with Crippen LogP contribution < -0.4 is 11.5 Å². The molecule has 0 unspecified atom stereocenters. The Morgan fingerprint density at radius 1 is 1.38 bits per heavy atom. The first-order chi connectivity index (χ1) is 7.54. The number of carbonyl (C=O) groups is 1. The van der Waals surface area contributed by atoms with Gasteiger partial charge in [-0.2, -0.15) is 0 Å². The summed E-state index contributed by atoms with van der Waals surface area (Å²) in [6.45, 7) is 0. The lowest BCUT2D eigenvalue weighted by Gasteiger charge is -2.06. The molecule has 0 fully saturated rings. The van der Waals surface area contributed by atoms with Crippen LogP contribution >= 0.6 is 0 Å². The Bertz CT molecular complexity index is 400. The monoisotopic (exact) mass is 223 g/mol. The molecule has 1 atom stereocenters. The lowest BCUT2D eigenvalue weighted by atomic mass is 10.0. The molecule has 0 radical (unpaired) electrons. The van der Waals surface area contributed by atoms with E-state index < -0.39 is 12.0 Å². The van der Waals surface area contributed by atoms with Crippen LogP contribution in [0.3, 0.4) is 0 Å². The van der Waals surface area contributed by atoms with Gasteiger partial charge in [0.15, 0.2) is 5.84 Å². The van der Waals surface area contributed by atoms with Gasteiger partial charge in [-0.05, 0) is 12.0 Å². The van der Waals surface area contributed by atoms with Crippen molar-refractivity contribution in [1.29, 1.82) is 0 Å². The molecular weight excluding hydrogens is 210 g/mol. The number of hydrogen-bond acceptors (Lipinski definition) is 4. The summed E-state index contributed by atoms with van der Waals surface area (Å²) in [5, 5.41) is 19.9. The second-order valence-electron chi connectivity index (χ2n) is 3.33. The number of aliphatic carboxylic acids is 1. The van der Waals surface area contributed by atoms with Crippen molar-refractivity contribution in [3.63, 3.8) is 0 Å². The third kappa shape index (κ3) is 2.96. The molecule has 86 valence electrons. The Morgan fingerprint density at radius 3 is 2.38 bits per heavy atom. The van der Waals surface area contributed by atoms with Crippen molar-refractivity contribution in [2.45, 2.75) is 12.5 Å². The molecule has 0 aliphatic heterocycles. The molecule has 0 heterocycles. The minimum absolute atomic E-state index is 0.00841. The maximum atomic E-state index is 10.5. The van der Waals surface area contributed by atoms with Crippen LogP contribution in [0.2, 0.25) is 0 Å². The van der Waals surface area contributed by atoms with E-state index in [4.69, 9.17) is 21.8 Å². The molecule has 0 saturated carbocycles. The highest BCUT2D eigenvalue weighted by Gasteiger charge is 2.11. The summed E-state index contributed by atoms with van der Waals surface area (Å²) in [6.07, 6.45) is 0.242. The third-order valence-electron chi connectivity index (χ3n) is 2.13. The van der Waals surface area contributed by atoms with Crippen LogP contribution in [0.1, 0.15) is 11.1 Å². The Kier molecular flexibility index (Phi) is 3.84. The van der Waals surface area contributed by atoms with Crippen LogP contribution in [0.25, 0.3) is 0 Å². The Balaban J connectivity index is 2.76. The quantitative estimate of drug-likeness (QED) is 0.242. The van der Waals surface area contributed by atoms with Gasteiger partial charge in [0, 0.05) is 5.56 Å². The molecule has 0 aliphatic carbocycles. The van der Waals surface area contributed by atoms with E-state index in [1.54, 1.807) is 24.3 Å². The number of carboxylic acid groups (broad SMARTS) is 1. The summed E-state index contributed by atoms with van der Waals surface area (Å²) in [5.41, 5.74) is 12.1. The number of hydrogen-bond donors (Lipinski definition) is 4. The average molecular weight is 223 g/mol. The summed E-state index contributed by atoms with van der Waals surface area (Å²) in [6, 6.07) is 5.74. The largest absolute Gasteiger partial charge is 0.480 e. The van der Waals surface area contributed by atoms with Crippen LogP contribution in [0, 0.1) is 0 Å². The van der Waals surface area contributed by atoms with E-state index in [-0.39, 0.29) is 12.3 Å². The second kappa shape index (κ2) is 5.13. The summed E-state index contributed by atoms with van der Waals surface area (Å²) < 4.78 is 0. The van der Waals surface area contributed by atoms with Crippen molar-refractivity contribution in [1.82, 2.24) is 0 Å². The predicted octanol–water partition coefficient (Wildman–Crippen LogP) is -0.264. The maximum absolute atomic E-state index is 10.5. The molecule has 0 spiro atoms.